The lowest BCUT2D eigenvalue weighted by Gasteiger charge is -2.19. The SMILES string of the molecule is CC(C)(C)OC(=O)NCCCOc1ccc2cccnc2c1/C(N)=C/C(N)=Nc1cnc(C#N)cn1. The van der Waals surface area contributed by atoms with Crippen molar-refractivity contribution in [3.63, 3.8) is 0 Å². The minimum Gasteiger partial charge on any atom is -0.493 e. The third-order valence-electron chi connectivity index (χ3n) is 4.57. The molecule has 1 amide bonds. The number of carbonyl (C=O) groups excluding carboxylic acids is 1. The van der Waals surface area contributed by atoms with Crippen molar-refractivity contribution in [1.82, 2.24) is 20.3 Å². The number of nitriles is 1. The van der Waals surface area contributed by atoms with E-state index in [1.54, 1.807) is 33.0 Å². The first-order chi connectivity index (χ1) is 17.2. The van der Waals surface area contributed by atoms with E-state index in [4.69, 9.17) is 26.2 Å². The number of carbonyl (C=O) groups is 1. The molecule has 0 unspecified atom stereocenters. The Kier molecular flexibility index (Phi) is 8.35. The normalized spacial score (nSPS) is 12.2. The van der Waals surface area contributed by atoms with Gasteiger partial charge in [-0.3, -0.25) is 4.98 Å². The molecule has 0 aliphatic heterocycles. The van der Waals surface area contributed by atoms with Crippen LogP contribution in [0, 0.1) is 11.3 Å². The van der Waals surface area contributed by atoms with Crippen molar-refractivity contribution < 1.29 is 14.3 Å². The second-order valence-electron chi connectivity index (χ2n) is 8.65. The average molecular weight is 489 g/mol. The summed E-state index contributed by atoms with van der Waals surface area (Å²) >= 11 is 0. The van der Waals surface area contributed by atoms with Crippen LogP contribution in [-0.4, -0.2) is 45.6 Å². The molecule has 3 rings (SSSR count). The van der Waals surface area contributed by atoms with Crippen LogP contribution in [0.25, 0.3) is 16.6 Å². The summed E-state index contributed by atoms with van der Waals surface area (Å²) in [5.74, 6) is 0.839. The Labute approximate surface area is 208 Å². The lowest BCUT2D eigenvalue weighted by Crippen LogP contribution is -2.33. The van der Waals surface area contributed by atoms with Gasteiger partial charge in [0, 0.05) is 29.9 Å². The van der Waals surface area contributed by atoms with Gasteiger partial charge in [0.2, 0.25) is 0 Å². The summed E-state index contributed by atoms with van der Waals surface area (Å²) in [4.78, 5) is 28.4. The fourth-order valence-electron chi connectivity index (χ4n) is 3.12. The maximum absolute atomic E-state index is 11.8. The number of nitrogens with zero attached hydrogens (tertiary/aromatic N) is 5. The Morgan fingerprint density at radius 3 is 2.69 bits per heavy atom. The zero-order valence-corrected chi connectivity index (χ0v) is 20.4. The molecule has 1 aromatic carbocycles. The summed E-state index contributed by atoms with van der Waals surface area (Å²) in [7, 11) is 0. The minimum absolute atomic E-state index is 0.0898. The summed E-state index contributed by atoms with van der Waals surface area (Å²) in [5.41, 5.74) is 13.6. The van der Waals surface area contributed by atoms with Gasteiger partial charge in [0.1, 0.15) is 23.3 Å². The molecule has 0 saturated heterocycles. The fourth-order valence-corrected chi connectivity index (χ4v) is 3.12. The minimum atomic E-state index is -0.560. The Hall–Kier alpha value is -4.72. The van der Waals surface area contributed by atoms with Gasteiger partial charge in [-0.05, 0) is 45.4 Å². The van der Waals surface area contributed by atoms with Crippen molar-refractivity contribution in [2.75, 3.05) is 13.2 Å². The van der Waals surface area contributed by atoms with E-state index in [0.717, 1.165) is 5.39 Å². The second-order valence-corrected chi connectivity index (χ2v) is 8.65. The van der Waals surface area contributed by atoms with Crippen LogP contribution in [0.1, 0.15) is 38.4 Å². The molecule has 0 spiro atoms. The van der Waals surface area contributed by atoms with E-state index in [2.05, 4.69) is 25.3 Å². The first-order valence-corrected chi connectivity index (χ1v) is 11.2. The molecular formula is C25H28N8O3. The summed E-state index contributed by atoms with van der Waals surface area (Å²) in [6.45, 7) is 6.11. The highest BCUT2D eigenvalue weighted by Crippen LogP contribution is 2.30. The number of alkyl carbamates (subject to hydrolysis) is 1. The third-order valence-corrected chi connectivity index (χ3v) is 4.57. The van der Waals surface area contributed by atoms with Crippen LogP contribution in [0.15, 0.2) is 53.9 Å². The number of amides is 1. The Morgan fingerprint density at radius 1 is 1.19 bits per heavy atom. The number of rotatable bonds is 8. The number of hydrogen-bond acceptors (Lipinski definition) is 9. The van der Waals surface area contributed by atoms with Gasteiger partial charge in [0.15, 0.2) is 11.5 Å². The van der Waals surface area contributed by atoms with Crippen LogP contribution in [-0.2, 0) is 4.74 Å². The molecule has 0 aliphatic carbocycles. The van der Waals surface area contributed by atoms with Crippen molar-refractivity contribution in [3.05, 3.63) is 60.2 Å². The van der Waals surface area contributed by atoms with Crippen LogP contribution in [0.3, 0.4) is 0 Å². The van der Waals surface area contributed by atoms with Gasteiger partial charge in [-0.1, -0.05) is 6.07 Å². The van der Waals surface area contributed by atoms with Gasteiger partial charge in [0.25, 0.3) is 0 Å². The van der Waals surface area contributed by atoms with Gasteiger partial charge in [-0.25, -0.2) is 19.8 Å². The Bertz CT molecular complexity index is 1320. The highest BCUT2D eigenvalue weighted by molar-refractivity contribution is 6.02. The number of benzene rings is 1. The van der Waals surface area contributed by atoms with Crippen LogP contribution >= 0.6 is 0 Å². The first-order valence-electron chi connectivity index (χ1n) is 11.2. The molecule has 0 atom stereocenters. The van der Waals surface area contributed by atoms with Crippen molar-refractivity contribution in [1.29, 1.82) is 5.26 Å². The molecular weight excluding hydrogens is 460 g/mol. The van der Waals surface area contributed by atoms with Crippen LogP contribution < -0.4 is 21.5 Å². The quantitative estimate of drug-likeness (QED) is 0.244. The van der Waals surface area contributed by atoms with Gasteiger partial charge < -0.3 is 26.3 Å². The van der Waals surface area contributed by atoms with Crippen molar-refractivity contribution in [2.24, 2.45) is 16.5 Å². The predicted octanol–water partition coefficient (Wildman–Crippen LogP) is 3.18. The largest absolute Gasteiger partial charge is 0.493 e. The molecule has 3 aromatic rings. The van der Waals surface area contributed by atoms with E-state index in [-0.39, 0.29) is 17.3 Å². The molecule has 2 aromatic heterocycles. The predicted molar refractivity (Wildman–Crippen MR) is 136 cm³/mol. The zero-order chi connectivity index (χ0) is 26.1. The number of amidine groups is 1. The number of hydrogen-bond donors (Lipinski definition) is 3. The second kappa shape index (κ2) is 11.6. The van der Waals surface area contributed by atoms with Gasteiger partial charge in [-0.15, -0.1) is 0 Å². The topological polar surface area (TPSA) is 174 Å². The highest BCUT2D eigenvalue weighted by atomic mass is 16.6. The maximum Gasteiger partial charge on any atom is 0.407 e. The summed E-state index contributed by atoms with van der Waals surface area (Å²) in [5, 5.41) is 12.4. The Balaban J connectivity index is 1.77. The van der Waals surface area contributed by atoms with Crippen LogP contribution in [0.2, 0.25) is 0 Å². The number of aliphatic imine (C=N–C) groups is 1. The maximum atomic E-state index is 11.8. The third kappa shape index (κ3) is 7.39. The standard InChI is InChI=1S/C25H28N8O3/c1-25(2,3)36-24(34)30-10-5-11-35-19-8-7-16-6-4-9-29-23(16)22(19)18(27)12-20(28)33-21-15-31-17(13-26)14-32-21/h4,6-9,12,14-15H,5,10-11,27H2,1-3H3,(H,30,34)(H2,28,32,33)/b18-12-. The van der Waals surface area contributed by atoms with E-state index < -0.39 is 11.7 Å². The number of ether oxygens (including phenoxy) is 2. The fraction of sp³-hybridized carbons (Fsp3) is 0.280. The molecule has 2 heterocycles. The molecule has 36 heavy (non-hydrogen) atoms. The molecule has 0 saturated carbocycles. The molecule has 0 aliphatic rings. The van der Waals surface area contributed by atoms with E-state index in [0.29, 0.717) is 42.1 Å². The van der Waals surface area contributed by atoms with Crippen LogP contribution in [0.4, 0.5) is 10.6 Å². The number of pyridine rings is 1. The monoisotopic (exact) mass is 488 g/mol. The van der Waals surface area contributed by atoms with E-state index >= 15 is 0 Å². The lowest BCUT2D eigenvalue weighted by atomic mass is 10.1. The zero-order valence-electron chi connectivity index (χ0n) is 20.4. The lowest BCUT2D eigenvalue weighted by molar-refractivity contribution is 0.0525. The first kappa shape index (κ1) is 25.9. The number of fused-ring (bicyclic) bond motifs is 1. The molecule has 0 radical (unpaired) electrons. The average Bonchev–Trinajstić information content (AvgIpc) is 2.82. The van der Waals surface area contributed by atoms with E-state index in [1.807, 2.05) is 24.3 Å². The molecule has 0 fully saturated rings. The smallest absolute Gasteiger partial charge is 0.407 e. The van der Waals surface area contributed by atoms with Crippen molar-refractivity contribution in [3.8, 4) is 11.8 Å². The van der Waals surface area contributed by atoms with Crippen molar-refractivity contribution in [2.45, 2.75) is 32.8 Å². The molecule has 186 valence electrons. The summed E-state index contributed by atoms with van der Waals surface area (Å²) in [6, 6.07) is 9.32. The van der Waals surface area contributed by atoms with E-state index in [9.17, 15) is 4.79 Å². The Morgan fingerprint density at radius 2 is 2.00 bits per heavy atom. The van der Waals surface area contributed by atoms with Crippen LogP contribution in [0.5, 0.6) is 5.75 Å². The van der Waals surface area contributed by atoms with Gasteiger partial charge in [-0.2, -0.15) is 5.26 Å². The number of nitrogens with one attached hydrogen (secondary N) is 1. The number of aromatic nitrogens is 3. The summed E-state index contributed by atoms with van der Waals surface area (Å²) in [6.07, 6.45) is 5.86. The van der Waals surface area contributed by atoms with Gasteiger partial charge in [0.05, 0.1) is 30.1 Å². The molecule has 11 nitrogen and oxygen atoms in total. The highest BCUT2D eigenvalue weighted by Gasteiger charge is 2.16. The molecule has 0 bridgehead atoms. The molecule has 5 N–H and O–H groups in total. The van der Waals surface area contributed by atoms with Gasteiger partial charge >= 0.3 is 6.09 Å². The number of nitrogens with two attached hydrogens (primary N) is 2. The van der Waals surface area contributed by atoms with Crippen molar-refractivity contribution >= 4 is 34.3 Å². The van der Waals surface area contributed by atoms with E-state index in [1.165, 1.54) is 18.5 Å². The summed E-state index contributed by atoms with van der Waals surface area (Å²) < 4.78 is 11.2. The molecule has 11 heteroatoms.